The molecular weight excluding hydrogens is 170 g/mol. The van der Waals surface area contributed by atoms with Crippen molar-refractivity contribution in [2.24, 2.45) is 0 Å². The molecule has 0 aliphatic heterocycles. The Bertz CT molecular complexity index is 347. The number of rotatable bonds is 2. The summed E-state index contributed by atoms with van der Waals surface area (Å²) in [5, 5.41) is 10.5. The minimum Gasteiger partial charge on any atom is -0.496 e. The molecule has 0 amide bonds. The molecule has 4 nitrogen and oxygen atoms in total. The van der Waals surface area contributed by atoms with Crippen molar-refractivity contribution in [1.29, 1.82) is 0 Å². The maximum absolute atomic E-state index is 10.5. The fourth-order valence-electron chi connectivity index (χ4n) is 1.13. The van der Waals surface area contributed by atoms with Gasteiger partial charge in [0.1, 0.15) is 5.75 Å². The Labute approximate surface area is 76.3 Å². The standard InChI is InChI=1S/C9H11NO3/c1-6-4-8(10(11)12)5-9(13-3)7(6)2/h4-5H,1-3H3. The van der Waals surface area contributed by atoms with Gasteiger partial charge in [-0.3, -0.25) is 10.1 Å². The number of benzene rings is 1. The van der Waals surface area contributed by atoms with Crippen molar-refractivity contribution in [3.63, 3.8) is 0 Å². The molecule has 0 N–H and O–H groups in total. The summed E-state index contributed by atoms with van der Waals surface area (Å²) in [5.74, 6) is 0.562. The van der Waals surface area contributed by atoms with Crippen molar-refractivity contribution in [1.82, 2.24) is 0 Å². The SMILES string of the molecule is COc1cc([N+](=O)[O-])cc(C)c1C. The summed E-state index contributed by atoms with van der Waals surface area (Å²) in [5.41, 5.74) is 1.87. The lowest BCUT2D eigenvalue weighted by atomic mass is 10.1. The average molecular weight is 181 g/mol. The molecule has 0 aliphatic rings. The molecular formula is C9H11NO3. The molecule has 70 valence electrons. The Hall–Kier alpha value is -1.58. The fourth-order valence-corrected chi connectivity index (χ4v) is 1.13. The second-order valence-electron chi connectivity index (χ2n) is 2.85. The van der Waals surface area contributed by atoms with Gasteiger partial charge >= 0.3 is 0 Å². The number of methoxy groups -OCH3 is 1. The van der Waals surface area contributed by atoms with Crippen LogP contribution in [0.3, 0.4) is 0 Å². The Morgan fingerprint density at radius 1 is 1.38 bits per heavy atom. The van der Waals surface area contributed by atoms with Gasteiger partial charge in [-0.2, -0.15) is 0 Å². The van der Waals surface area contributed by atoms with Crippen LogP contribution in [-0.2, 0) is 0 Å². The van der Waals surface area contributed by atoms with E-state index in [0.717, 1.165) is 11.1 Å². The van der Waals surface area contributed by atoms with Crippen LogP contribution in [0.25, 0.3) is 0 Å². The monoisotopic (exact) mass is 181 g/mol. The van der Waals surface area contributed by atoms with E-state index in [1.54, 1.807) is 0 Å². The van der Waals surface area contributed by atoms with Gasteiger partial charge in [0, 0.05) is 6.07 Å². The Morgan fingerprint density at radius 2 is 2.00 bits per heavy atom. The quantitative estimate of drug-likeness (QED) is 0.519. The molecule has 0 spiro atoms. The summed E-state index contributed by atoms with van der Waals surface area (Å²) < 4.78 is 5.01. The van der Waals surface area contributed by atoms with Gasteiger partial charge in [0.2, 0.25) is 0 Å². The van der Waals surface area contributed by atoms with E-state index in [-0.39, 0.29) is 5.69 Å². The molecule has 0 atom stereocenters. The van der Waals surface area contributed by atoms with E-state index >= 15 is 0 Å². The molecule has 0 aromatic heterocycles. The zero-order chi connectivity index (χ0) is 10.0. The number of non-ortho nitro benzene ring substituents is 1. The maximum Gasteiger partial charge on any atom is 0.273 e. The highest BCUT2D eigenvalue weighted by Gasteiger charge is 2.11. The fraction of sp³-hybridized carbons (Fsp3) is 0.333. The van der Waals surface area contributed by atoms with Crippen LogP contribution in [0.2, 0.25) is 0 Å². The highest BCUT2D eigenvalue weighted by Crippen LogP contribution is 2.26. The zero-order valence-electron chi connectivity index (χ0n) is 7.83. The highest BCUT2D eigenvalue weighted by atomic mass is 16.6. The summed E-state index contributed by atoms with van der Waals surface area (Å²) in [7, 11) is 1.51. The third-order valence-electron chi connectivity index (χ3n) is 2.04. The van der Waals surface area contributed by atoms with Gasteiger partial charge in [0.05, 0.1) is 18.1 Å². The molecule has 0 aliphatic carbocycles. The molecule has 1 rings (SSSR count). The molecule has 0 radical (unpaired) electrons. The first-order chi connectivity index (χ1) is 6.06. The van der Waals surface area contributed by atoms with E-state index in [9.17, 15) is 10.1 Å². The molecule has 0 fully saturated rings. The number of ether oxygens (including phenoxy) is 1. The Morgan fingerprint density at radius 3 is 2.46 bits per heavy atom. The van der Waals surface area contributed by atoms with Crippen LogP contribution in [0.15, 0.2) is 12.1 Å². The van der Waals surface area contributed by atoms with Crippen molar-refractivity contribution in [3.8, 4) is 5.75 Å². The molecule has 4 heteroatoms. The van der Waals surface area contributed by atoms with E-state index in [4.69, 9.17) is 4.74 Å². The van der Waals surface area contributed by atoms with Gasteiger partial charge in [-0.05, 0) is 25.0 Å². The van der Waals surface area contributed by atoms with Gasteiger partial charge in [-0.1, -0.05) is 0 Å². The molecule has 0 unspecified atom stereocenters. The van der Waals surface area contributed by atoms with Gasteiger partial charge in [0.15, 0.2) is 0 Å². The minimum absolute atomic E-state index is 0.0694. The van der Waals surface area contributed by atoms with Crippen molar-refractivity contribution >= 4 is 5.69 Å². The smallest absolute Gasteiger partial charge is 0.273 e. The van der Waals surface area contributed by atoms with E-state index in [2.05, 4.69) is 0 Å². The predicted octanol–water partition coefficient (Wildman–Crippen LogP) is 2.22. The van der Waals surface area contributed by atoms with Crippen molar-refractivity contribution in [2.75, 3.05) is 7.11 Å². The van der Waals surface area contributed by atoms with Gasteiger partial charge in [-0.25, -0.2) is 0 Å². The minimum atomic E-state index is -0.422. The molecule has 13 heavy (non-hydrogen) atoms. The third-order valence-corrected chi connectivity index (χ3v) is 2.04. The summed E-state index contributed by atoms with van der Waals surface area (Å²) in [6.07, 6.45) is 0. The number of nitro benzene ring substituents is 1. The molecule has 1 aromatic carbocycles. The van der Waals surface area contributed by atoms with Crippen LogP contribution >= 0.6 is 0 Å². The summed E-state index contributed by atoms with van der Waals surface area (Å²) in [4.78, 5) is 10.1. The third kappa shape index (κ3) is 1.77. The zero-order valence-corrected chi connectivity index (χ0v) is 7.83. The van der Waals surface area contributed by atoms with Gasteiger partial charge in [0.25, 0.3) is 5.69 Å². The summed E-state index contributed by atoms with van der Waals surface area (Å²) in [6, 6.07) is 2.97. The van der Waals surface area contributed by atoms with E-state index in [1.807, 2.05) is 13.8 Å². The lowest BCUT2D eigenvalue weighted by Gasteiger charge is -2.06. The van der Waals surface area contributed by atoms with Crippen LogP contribution in [0.4, 0.5) is 5.69 Å². The van der Waals surface area contributed by atoms with E-state index in [1.165, 1.54) is 19.2 Å². The number of aryl methyl sites for hydroxylation is 1. The molecule has 0 saturated heterocycles. The lowest BCUT2D eigenvalue weighted by molar-refractivity contribution is -0.385. The molecule has 0 heterocycles. The van der Waals surface area contributed by atoms with Crippen molar-refractivity contribution in [2.45, 2.75) is 13.8 Å². The molecule has 1 aromatic rings. The predicted molar refractivity (Wildman–Crippen MR) is 49.1 cm³/mol. The summed E-state index contributed by atoms with van der Waals surface area (Å²) >= 11 is 0. The van der Waals surface area contributed by atoms with Crippen LogP contribution in [0.5, 0.6) is 5.75 Å². The van der Waals surface area contributed by atoms with Crippen LogP contribution in [0, 0.1) is 24.0 Å². The highest BCUT2D eigenvalue weighted by molar-refractivity contribution is 5.48. The van der Waals surface area contributed by atoms with Gasteiger partial charge < -0.3 is 4.74 Å². The number of nitro groups is 1. The van der Waals surface area contributed by atoms with Crippen LogP contribution in [0.1, 0.15) is 11.1 Å². The second kappa shape index (κ2) is 3.43. The van der Waals surface area contributed by atoms with Crippen LogP contribution in [-0.4, -0.2) is 12.0 Å². The lowest BCUT2D eigenvalue weighted by Crippen LogP contribution is -1.94. The maximum atomic E-state index is 10.5. The van der Waals surface area contributed by atoms with E-state index in [0.29, 0.717) is 5.75 Å². The number of nitrogens with zero attached hydrogens (tertiary/aromatic N) is 1. The first-order valence-electron chi connectivity index (χ1n) is 3.86. The summed E-state index contributed by atoms with van der Waals surface area (Å²) in [6.45, 7) is 3.70. The Kier molecular flexibility index (Phi) is 2.51. The number of hydrogen-bond donors (Lipinski definition) is 0. The normalized spacial score (nSPS) is 9.77. The van der Waals surface area contributed by atoms with Crippen molar-refractivity contribution < 1.29 is 9.66 Å². The first kappa shape index (κ1) is 9.51. The van der Waals surface area contributed by atoms with E-state index < -0.39 is 4.92 Å². The topological polar surface area (TPSA) is 52.4 Å². The van der Waals surface area contributed by atoms with Crippen LogP contribution < -0.4 is 4.74 Å². The van der Waals surface area contributed by atoms with Crippen molar-refractivity contribution in [3.05, 3.63) is 33.4 Å². The molecule has 0 bridgehead atoms. The number of hydrogen-bond acceptors (Lipinski definition) is 3. The first-order valence-corrected chi connectivity index (χ1v) is 3.86. The molecule has 0 saturated carbocycles. The second-order valence-corrected chi connectivity index (χ2v) is 2.85. The largest absolute Gasteiger partial charge is 0.496 e. The average Bonchev–Trinajstić information content (AvgIpc) is 2.09. The Balaban J connectivity index is 3.30. The van der Waals surface area contributed by atoms with Gasteiger partial charge in [-0.15, -0.1) is 0 Å².